The van der Waals surface area contributed by atoms with Gasteiger partial charge in [0.25, 0.3) is 5.91 Å². The van der Waals surface area contributed by atoms with Gasteiger partial charge in [-0.3, -0.25) is 4.79 Å². The van der Waals surface area contributed by atoms with E-state index in [0.717, 1.165) is 5.56 Å². The van der Waals surface area contributed by atoms with Crippen LogP contribution in [0.1, 0.15) is 28.9 Å². The molecule has 104 valence electrons. The maximum absolute atomic E-state index is 13.1. The second-order valence-electron chi connectivity index (χ2n) is 4.38. The Balaban J connectivity index is 2.10. The fourth-order valence-corrected chi connectivity index (χ4v) is 2.26. The van der Waals surface area contributed by atoms with Crippen LogP contribution in [0.3, 0.4) is 0 Å². The lowest BCUT2D eigenvalue weighted by molar-refractivity contribution is 0.0940. The van der Waals surface area contributed by atoms with Gasteiger partial charge in [0.15, 0.2) is 0 Å². The standard InChI is InChI=1S/C15H12BrClFNO/c1-9(10-2-5-12(17)6-3-10)19-15(20)11-4-7-14(18)13(16)8-11/h2-9H,1H3,(H,19,20). The SMILES string of the molecule is CC(NC(=O)c1ccc(F)c(Br)c1)c1ccc(Cl)cc1. The molecule has 0 aliphatic heterocycles. The van der Waals surface area contributed by atoms with Gasteiger partial charge in [0.05, 0.1) is 10.5 Å². The molecule has 0 saturated heterocycles. The molecule has 1 atom stereocenters. The monoisotopic (exact) mass is 355 g/mol. The van der Waals surface area contributed by atoms with Crippen molar-refractivity contribution in [2.24, 2.45) is 0 Å². The van der Waals surface area contributed by atoms with E-state index in [9.17, 15) is 9.18 Å². The summed E-state index contributed by atoms with van der Waals surface area (Å²) in [6.07, 6.45) is 0. The molecule has 0 spiro atoms. The summed E-state index contributed by atoms with van der Waals surface area (Å²) in [5, 5.41) is 3.50. The molecule has 5 heteroatoms. The van der Waals surface area contributed by atoms with E-state index in [1.165, 1.54) is 18.2 Å². The first-order chi connectivity index (χ1) is 9.47. The van der Waals surface area contributed by atoms with Gasteiger partial charge in [-0.1, -0.05) is 23.7 Å². The van der Waals surface area contributed by atoms with Gasteiger partial charge in [0.2, 0.25) is 0 Å². The number of nitrogens with one attached hydrogen (secondary N) is 1. The van der Waals surface area contributed by atoms with Crippen molar-refractivity contribution in [2.75, 3.05) is 0 Å². The Morgan fingerprint density at radius 2 is 1.90 bits per heavy atom. The summed E-state index contributed by atoms with van der Waals surface area (Å²) in [6, 6.07) is 11.3. The molecule has 1 amide bonds. The molecule has 2 rings (SSSR count). The van der Waals surface area contributed by atoms with Crippen molar-refractivity contribution in [3.05, 3.63) is 68.9 Å². The average molecular weight is 357 g/mol. The number of carbonyl (C=O) groups excluding carboxylic acids is 1. The molecule has 0 aliphatic carbocycles. The van der Waals surface area contributed by atoms with Crippen molar-refractivity contribution in [3.8, 4) is 0 Å². The highest BCUT2D eigenvalue weighted by atomic mass is 79.9. The predicted molar refractivity (Wildman–Crippen MR) is 81.4 cm³/mol. The number of halogens is 3. The Morgan fingerprint density at radius 1 is 1.25 bits per heavy atom. The summed E-state index contributed by atoms with van der Waals surface area (Å²) in [7, 11) is 0. The van der Waals surface area contributed by atoms with Crippen LogP contribution in [0.5, 0.6) is 0 Å². The molecule has 2 nitrogen and oxygen atoms in total. The van der Waals surface area contributed by atoms with Gasteiger partial charge in [-0.05, 0) is 58.7 Å². The molecule has 0 bridgehead atoms. The summed E-state index contributed by atoms with van der Waals surface area (Å²) in [4.78, 5) is 12.1. The van der Waals surface area contributed by atoms with Crippen LogP contribution >= 0.6 is 27.5 Å². The van der Waals surface area contributed by atoms with Crippen LogP contribution in [0.4, 0.5) is 4.39 Å². The number of hydrogen-bond acceptors (Lipinski definition) is 1. The number of benzene rings is 2. The highest BCUT2D eigenvalue weighted by Gasteiger charge is 2.12. The molecular weight excluding hydrogens is 345 g/mol. The lowest BCUT2D eigenvalue weighted by Gasteiger charge is -2.14. The Morgan fingerprint density at radius 3 is 2.50 bits per heavy atom. The molecular formula is C15H12BrClFNO. The van der Waals surface area contributed by atoms with Crippen molar-refractivity contribution in [2.45, 2.75) is 13.0 Å². The zero-order valence-electron chi connectivity index (χ0n) is 10.7. The lowest BCUT2D eigenvalue weighted by Crippen LogP contribution is -2.26. The topological polar surface area (TPSA) is 29.1 Å². The largest absolute Gasteiger partial charge is 0.346 e. The zero-order valence-corrected chi connectivity index (χ0v) is 13.0. The van der Waals surface area contributed by atoms with Crippen molar-refractivity contribution >= 4 is 33.4 Å². The molecule has 0 heterocycles. The van der Waals surface area contributed by atoms with Crippen LogP contribution in [-0.2, 0) is 0 Å². The van der Waals surface area contributed by atoms with E-state index in [1.807, 2.05) is 19.1 Å². The van der Waals surface area contributed by atoms with E-state index in [-0.39, 0.29) is 16.4 Å². The van der Waals surface area contributed by atoms with Crippen LogP contribution in [0.2, 0.25) is 5.02 Å². The number of hydrogen-bond donors (Lipinski definition) is 1. The third-order valence-electron chi connectivity index (χ3n) is 2.90. The molecule has 1 unspecified atom stereocenters. The van der Waals surface area contributed by atoms with Gasteiger partial charge in [-0.2, -0.15) is 0 Å². The summed E-state index contributed by atoms with van der Waals surface area (Å²) in [5.41, 5.74) is 1.35. The van der Waals surface area contributed by atoms with Crippen LogP contribution < -0.4 is 5.32 Å². The molecule has 1 N–H and O–H groups in total. The van der Waals surface area contributed by atoms with Gasteiger partial charge in [0, 0.05) is 10.6 Å². The third-order valence-corrected chi connectivity index (χ3v) is 3.76. The molecule has 2 aromatic rings. The number of carbonyl (C=O) groups is 1. The summed E-state index contributed by atoms with van der Waals surface area (Å²) >= 11 is 8.89. The fraction of sp³-hybridized carbons (Fsp3) is 0.133. The third kappa shape index (κ3) is 3.58. The summed E-state index contributed by atoms with van der Waals surface area (Å²) in [5.74, 6) is -0.652. The molecule has 0 fully saturated rings. The van der Waals surface area contributed by atoms with Gasteiger partial charge < -0.3 is 5.32 Å². The van der Waals surface area contributed by atoms with E-state index in [0.29, 0.717) is 10.6 Å². The van der Waals surface area contributed by atoms with E-state index < -0.39 is 5.82 Å². The van der Waals surface area contributed by atoms with Crippen molar-refractivity contribution in [1.29, 1.82) is 0 Å². The Hall–Kier alpha value is -1.39. The highest BCUT2D eigenvalue weighted by molar-refractivity contribution is 9.10. The molecule has 20 heavy (non-hydrogen) atoms. The van der Waals surface area contributed by atoms with Gasteiger partial charge in [-0.15, -0.1) is 0 Å². The first-order valence-electron chi connectivity index (χ1n) is 5.99. The molecule has 2 aromatic carbocycles. The second kappa shape index (κ2) is 6.37. The van der Waals surface area contributed by atoms with Crippen molar-refractivity contribution < 1.29 is 9.18 Å². The fourth-order valence-electron chi connectivity index (χ4n) is 1.75. The normalized spacial score (nSPS) is 12.0. The van der Waals surface area contributed by atoms with Crippen LogP contribution in [0.15, 0.2) is 46.9 Å². The van der Waals surface area contributed by atoms with Crippen LogP contribution in [0, 0.1) is 5.82 Å². The zero-order chi connectivity index (χ0) is 14.7. The van der Waals surface area contributed by atoms with Gasteiger partial charge in [0.1, 0.15) is 5.82 Å². The highest BCUT2D eigenvalue weighted by Crippen LogP contribution is 2.19. The van der Waals surface area contributed by atoms with E-state index >= 15 is 0 Å². The van der Waals surface area contributed by atoms with Crippen molar-refractivity contribution in [3.63, 3.8) is 0 Å². The van der Waals surface area contributed by atoms with E-state index in [2.05, 4.69) is 21.2 Å². The number of amides is 1. The van der Waals surface area contributed by atoms with Crippen LogP contribution in [-0.4, -0.2) is 5.91 Å². The van der Waals surface area contributed by atoms with Crippen LogP contribution in [0.25, 0.3) is 0 Å². The Kier molecular flexibility index (Phi) is 4.78. The lowest BCUT2D eigenvalue weighted by atomic mass is 10.1. The Bertz CT molecular complexity index is 630. The smallest absolute Gasteiger partial charge is 0.251 e. The summed E-state index contributed by atoms with van der Waals surface area (Å²) < 4.78 is 13.4. The first kappa shape index (κ1) is 15.0. The Labute approximate surface area is 130 Å². The van der Waals surface area contributed by atoms with E-state index in [1.54, 1.807) is 12.1 Å². The summed E-state index contributed by atoms with van der Waals surface area (Å²) in [6.45, 7) is 1.87. The second-order valence-corrected chi connectivity index (χ2v) is 5.67. The predicted octanol–water partition coefficient (Wildman–Crippen LogP) is 4.73. The first-order valence-corrected chi connectivity index (χ1v) is 7.16. The maximum Gasteiger partial charge on any atom is 0.251 e. The quantitative estimate of drug-likeness (QED) is 0.846. The maximum atomic E-state index is 13.1. The molecule has 0 saturated carbocycles. The minimum atomic E-state index is -0.396. The minimum Gasteiger partial charge on any atom is -0.346 e. The molecule has 0 aliphatic rings. The molecule has 0 radical (unpaired) electrons. The molecule has 0 aromatic heterocycles. The van der Waals surface area contributed by atoms with Gasteiger partial charge >= 0.3 is 0 Å². The average Bonchev–Trinajstić information content (AvgIpc) is 2.42. The van der Waals surface area contributed by atoms with Crippen molar-refractivity contribution in [1.82, 2.24) is 5.32 Å². The number of rotatable bonds is 3. The van der Waals surface area contributed by atoms with E-state index in [4.69, 9.17) is 11.6 Å². The van der Waals surface area contributed by atoms with Gasteiger partial charge in [-0.25, -0.2) is 4.39 Å². The minimum absolute atomic E-state index is 0.163.